The third kappa shape index (κ3) is 2.67. The minimum Gasteiger partial charge on any atom is -0.301 e. The number of aromatic nitrogens is 2. The molecule has 0 saturated heterocycles. The minimum absolute atomic E-state index is 0.0131. The molecule has 0 saturated carbocycles. The average molecular weight is 382 g/mol. The van der Waals surface area contributed by atoms with E-state index < -0.39 is 40.6 Å². The third-order valence-corrected chi connectivity index (χ3v) is 3.68. The maximum atomic E-state index is 13.6. The number of alkyl halides is 8. The van der Waals surface area contributed by atoms with Crippen molar-refractivity contribution in [3.8, 4) is 0 Å². The standard InChI is InChI=1S/C15H6F8N2O/c16-13(17,15(21,22)23)11-4-10(14(18,19)20)9-2-1-8-3-7(6-26)5-25(8)12(9)24-11/h1-6H. The van der Waals surface area contributed by atoms with Gasteiger partial charge >= 0.3 is 18.3 Å². The largest absolute Gasteiger partial charge is 0.459 e. The fourth-order valence-electron chi connectivity index (χ4n) is 2.48. The maximum Gasteiger partial charge on any atom is 0.459 e. The van der Waals surface area contributed by atoms with Crippen LogP contribution in [-0.2, 0) is 12.1 Å². The van der Waals surface area contributed by atoms with Crippen molar-refractivity contribution in [2.75, 3.05) is 0 Å². The number of hydrogen-bond acceptors (Lipinski definition) is 2. The molecule has 11 heteroatoms. The van der Waals surface area contributed by atoms with Gasteiger partial charge in [0.1, 0.15) is 11.3 Å². The van der Waals surface area contributed by atoms with Crippen LogP contribution in [0.3, 0.4) is 0 Å². The second-order valence-corrected chi connectivity index (χ2v) is 5.38. The summed E-state index contributed by atoms with van der Waals surface area (Å²) >= 11 is 0. The van der Waals surface area contributed by atoms with Crippen LogP contribution < -0.4 is 0 Å². The van der Waals surface area contributed by atoms with Crippen molar-refractivity contribution < 1.29 is 39.9 Å². The Morgan fingerprint density at radius 1 is 0.962 bits per heavy atom. The van der Waals surface area contributed by atoms with E-state index in [-0.39, 0.29) is 17.1 Å². The second kappa shape index (κ2) is 5.39. The molecule has 0 amide bonds. The predicted molar refractivity (Wildman–Crippen MR) is 73.0 cm³/mol. The second-order valence-electron chi connectivity index (χ2n) is 5.38. The van der Waals surface area contributed by atoms with Crippen LogP contribution in [0.1, 0.15) is 21.6 Å². The Balaban J connectivity index is 2.47. The van der Waals surface area contributed by atoms with Crippen molar-refractivity contribution in [2.24, 2.45) is 0 Å². The van der Waals surface area contributed by atoms with Gasteiger partial charge in [-0.3, -0.25) is 4.79 Å². The Morgan fingerprint density at radius 2 is 1.62 bits per heavy atom. The molecule has 3 nitrogen and oxygen atoms in total. The molecule has 0 bridgehead atoms. The van der Waals surface area contributed by atoms with E-state index >= 15 is 0 Å². The lowest BCUT2D eigenvalue weighted by molar-refractivity contribution is -0.291. The zero-order valence-corrected chi connectivity index (χ0v) is 12.3. The van der Waals surface area contributed by atoms with Gasteiger partial charge in [-0.15, -0.1) is 0 Å². The highest BCUT2D eigenvalue weighted by molar-refractivity contribution is 5.86. The summed E-state index contributed by atoms with van der Waals surface area (Å²) in [5.74, 6) is -5.59. The molecule has 0 spiro atoms. The first-order valence-corrected chi connectivity index (χ1v) is 6.79. The summed E-state index contributed by atoms with van der Waals surface area (Å²) in [7, 11) is 0. The fourth-order valence-corrected chi connectivity index (χ4v) is 2.48. The van der Waals surface area contributed by atoms with Crippen LogP contribution in [0.25, 0.3) is 16.6 Å². The molecular weight excluding hydrogens is 376 g/mol. The number of carbonyl (C=O) groups is 1. The number of carbonyl (C=O) groups excluding carboxylic acids is 1. The molecule has 3 aromatic heterocycles. The monoisotopic (exact) mass is 382 g/mol. The highest BCUT2D eigenvalue weighted by Gasteiger charge is 2.60. The molecular formula is C15H6F8N2O. The van der Waals surface area contributed by atoms with Gasteiger partial charge in [-0.05, 0) is 24.3 Å². The lowest BCUT2D eigenvalue weighted by Crippen LogP contribution is -2.35. The Labute approximate surface area is 138 Å². The molecule has 0 radical (unpaired) electrons. The molecule has 0 fully saturated rings. The van der Waals surface area contributed by atoms with Gasteiger partial charge in [-0.1, -0.05) is 0 Å². The van der Waals surface area contributed by atoms with E-state index in [0.717, 1.165) is 22.7 Å². The van der Waals surface area contributed by atoms with Crippen molar-refractivity contribution in [1.82, 2.24) is 9.38 Å². The molecule has 3 aromatic rings. The average Bonchev–Trinajstić information content (AvgIpc) is 2.95. The van der Waals surface area contributed by atoms with Gasteiger partial charge in [0.05, 0.1) is 5.56 Å². The van der Waals surface area contributed by atoms with Crippen LogP contribution in [0.4, 0.5) is 35.1 Å². The van der Waals surface area contributed by atoms with Crippen LogP contribution in [-0.4, -0.2) is 21.8 Å². The minimum atomic E-state index is -6.13. The summed E-state index contributed by atoms with van der Waals surface area (Å²) in [5, 5.41) is -0.681. The zero-order chi connectivity index (χ0) is 19.5. The van der Waals surface area contributed by atoms with Crippen molar-refractivity contribution in [3.63, 3.8) is 0 Å². The number of nitrogens with zero attached hydrogens (tertiary/aromatic N) is 2. The van der Waals surface area contributed by atoms with E-state index in [2.05, 4.69) is 4.98 Å². The van der Waals surface area contributed by atoms with Crippen molar-refractivity contribution >= 4 is 22.8 Å². The molecule has 138 valence electrons. The smallest absolute Gasteiger partial charge is 0.301 e. The van der Waals surface area contributed by atoms with Gasteiger partial charge < -0.3 is 4.40 Å². The van der Waals surface area contributed by atoms with Gasteiger partial charge in [-0.25, -0.2) is 4.98 Å². The Bertz CT molecular complexity index is 1020. The van der Waals surface area contributed by atoms with Crippen molar-refractivity contribution in [1.29, 1.82) is 0 Å². The van der Waals surface area contributed by atoms with Crippen LogP contribution in [0, 0.1) is 0 Å². The predicted octanol–water partition coefficient (Wildman–Crippen LogP) is 4.97. The Morgan fingerprint density at radius 3 is 2.15 bits per heavy atom. The summed E-state index contributed by atoms with van der Waals surface area (Å²) < 4.78 is 106. The molecule has 3 heterocycles. The maximum absolute atomic E-state index is 13.6. The lowest BCUT2D eigenvalue weighted by Gasteiger charge is -2.21. The normalized spacial score (nSPS) is 13.5. The van der Waals surface area contributed by atoms with Crippen LogP contribution >= 0.6 is 0 Å². The first-order valence-electron chi connectivity index (χ1n) is 6.79. The summed E-state index contributed by atoms with van der Waals surface area (Å²) in [6.45, 7) is 0. The highest BCUT2D eigenvalue weighted by Crippen LogP contribution is 2.45. The molecule has 0 aliphatic heterocycles. The summed E-state index contributed by atoms with van der Waals surface area (Å²) in [6.07, 6.45) is -9.99. The van der Waals surface area contributed by atoms with Gasteiger partial charge in [0.25, 0.3) is 0 Å². The fraction of sp³-hybridized carbons (Fsp3) is 0.200. The van der Waals surface area contributed by atoms with Gasteiger partial charge in [0.15, 0.2) is 6.29 Å². The van der Waals surface area contributed by atoms with Crippen LogP contribution in [0.5, 0.6) is 0 Å². The van der Waals surface area contributed by atoms with E-state index in [1.807, 2.05) is 0 Å². The van der Waals surface area contributed by atoms with Gasteiger partial charge in [-0.2, -0.15) is 35.1 Å². The molecule has 26 heavy (non-hydrogen) atoms. The van der Waals surface area contributed by atoms with Gasteiger partial charge in [0, 0.05) is 22.7 Å². The van der Waals surface area contributed by atoms with Crippen LogP contribution in [0.15, 0.2) is 30.5 Å². The molecule has 0 aliphatic carbocycles. The number of rotatable bonds is 2. The van der Waals surface area contributed by atoms with Gasteiger partial charge in [0.2, 0.25) is 0 Å². The first kappa shape index (κ1) is 18.1. The molecule has 0 aromatic carbocycles. The molecule has 3 rings (SSSR count). The Kier molecular flexibility index (Phi) is 3.75. The SMILES string of the molecule is O=Cc1cc2ccc3c(C(F)(F)F)cc(C(F)(F)C(F)(F)F)nc3n2c1. The molecule has 0 N–H and O–H groups in total. The van der Waals surface area contributed by atoms with Crippen LogP contribution in [0.2, 0.25) is 0 Å². The molecule has 0 unspecified atom stereocenters. The summed E-state index contributed by atoms with van der Waals surface area (Å²) in [6, 6.07) is 2.96. The topological polar surface area (TPSA) is 34.4 Å². The van der Waals surface area contributed by atoms with E-state index in [1.165, 1.54) is 6.07 Å². The number of fused-ring (bicyclic) bond motifs is 3. The summed E-state index contributed by atoms with van der Waals surface area (Å²) in [5.41, 5.74) is -4.46. The van der Waals surface area contributed by atoms with E-state index in [1.54, 1.807) is 0 Å². The zero-order valence-electron chi connectivity index (χ0n) is 12.3. The van der Waals surface area contributed by atoms with E-state index in [4.69, 9.17) is 0 Å². The number of aldehydes is 1. The highest BCUT2D eigenvalue weighted by atomic mass is 19.4. The third-order valence-electron chi connectivity index (χ3n) is 3.68. The van der Waals surface area contributed by atoms with E-state index in [9.17, 15) is 39.9 Å². The van der Waals surface area contributed by atoms with Crippen molar-refractivity contribution in [2.45, 2.75) is 18.3 Å². The molecule has 0 atom stereocenters. The number of hydrogen-bond donors (Lipinski definition) is 0. The molecule has 0 aliphatic rings. The van der Waals surface area contributed by atoms with E-state index in [0.29, 0.717) is 6.29 Å². The summed E-state index contributed by atoms with van der Waals surface area (Å²) in [4.78, 5) is 14.0. The quantitative estimate of drug-likeness (QED) is 0.463. The Hall–Kier alpha value is -2.72. The number of pyridine rings is 2. The first-order chi connectivity index (χ1) is 11.9. The lowest BCUT2D eigenvalue weighted by atomic mass is 10.1. The number of halogens is 8. The van der Waals surface area contributed by atoms with Crippen molar-refractivity contribution in [3.05, 3.63) is 47.3 Å².